The van der Waals surface area contributed by atoms with E-state index in [2.05, 4.69) is 27.5 Å². The molecule has 0 bridgehead atoms. The molecular formula is C13H28N4O. The number of amides is 1. The zero-order valence-electron chi connectivity index (χ0n) is 12.0. The van der Waals surface area contributed by atoms with E-state index < -0.39 is 0 Å². The average Bonchev–Trinajstić information content (AvgIpc) is 2.34. The summed E-state index contributed by atoms with van der Waals surface area (Å²) in [5, 5.41) is 6.27. The van der Waals surface area contributed by atoms with E-state index in [1.54, 1.807) is 0 Å². The molecule has 5 nitrogen and oxygen atoms in total. The number of nitrogens with one attached hydrogen (secondary N) is 2. The van der Waals surface area contributed by atoms with Crippen LogP contribution >= 0.6 is 0 Å². The maximum atomic E-state index is 11.5. The minimum absolute atomic E-state index is 0.152. The lowest BCUT2D eigenvalue weighted by Gasteiger charge is -2.29. The number of likely N-dealkylation sites (N-methyl/N-ethyl adjacent to an activating group) is 1. The first-order valence-electron chi connectivity index (χ1n) is 6.99. The number of carbonyl (C=O) groups is 1. The van der Waals surface area contributed by atoms with Crippen LogP contribution in [0, 0.1) is 0 Å². The van der Waals surface area contributed by atoms with Crippen molar-refractivity contribution in [2.24, 2.45) is 0 Å². The van der Waals surface area contributed by atoms with Gasteiger partial charge in [-0.1, -0.05) is 0 Å². The highest BCUT2D eigenvalue weighted by molar-refractivity contribution is 5.76. The SMILES string of the molecule is CC(C)NC(=O)CCN(C)CCN1CCNCC1. The predicted octanol–water partition coefficient (Wildman–Crippen LogP) is -0.262. The Morgan fingerprint density at radius 3 is 2.61 bits per heavy atom. The third kappa shape index (κ3) is 6.93. The number of hydrogen-bond acceptors (Lipinski definition) is 4. The summed E-state index contributed by atoms with van der Waals surface area (Å²) < 4.78 is 0. The van der Waals surface area contributed by atoms with Crippen molar-refractivity contribution in [3.63, 3.8) is 0 Å². The molecule has 1 aliphatic heterocycles. The van der Waals surface area contributed by atoms with Crippen molar-refractivity contribution in [3.05, 3.63) is 0 Å². The second kappa shape index (κ2) is 8.45. The van der Waals surface area contributed by atoms with Gasteiger partial charge in [-0.15, -0.1) is 0 Å². The van der Waals surface area contributed by atoms with Gasteiger partial charge in [-0.3, -0.25) is 9.69 Å². The highest BCUT2D eigenvalue weighted by Gasteiger charge is 2.10. The van der Waals surface area contributed by atoms with E-state index in [0.29, 0.717) is 6.42 Å². The smallest absolute Gasteiger partial charge is 0.221 e. The fourth-order valence-corrected chi connectivity index (χ4v) is 2.05. The Morgan fingerprint density at radius 2 is 2.00 bits per heavy atom. The molecule has 18 heavy (non-hydrogen) atoms. The topological polar surface area (TPSA) is 47.6 Å². The van der Waals surface area contributed by atoms with Gasteiger partial charge >= 0.3 is 0 Å². The number of nitrogens with zero attached hydrogens (tertiary/aromatic N) is 2. The Morgan fingerprint density at radius 1 is 1.33 bits per heavy atom. The molecule has 1 amide bonds. The summed E-state index contributed by atoms with van der Waals surface area (Å²) in [5.74, 6) is 0.152. The van der Waals surface area contributed by atoms with Gasteiger partial charge in [-0.25, -0.2) is 0 Å². The molecule has 1 aliphatic rings. The van der Waals surface area contributed by atoms with Gasteiger partial charge in [0.15, 0.2) is 0 Å². The molecule has 5 heteroatoms. The quantitative estimate of drug-likeness (QED) is 0.659. The fraction of sp³-hybridized carbons (Fsp3) is 0.923. The summed E-state index contributed by atoms with van der Waals surface area (Å²) in [4.78, 5) is 16.2. The average molecular weight is 256 g/mol. The van der Waals surface area contributed by atoms with Crippen molar-refractivity contribution in [3.8, 4) is 0 Å². The molecule has 0 aromatic heterocycles. The first kappa shape index (κ1) is 15.4. The molecule has 0 saturated carbocycles. The third-order valence-electron chi connectivity index (χ3n) is 3.18. The van der Waals surface area contributed by atoms with E-state index in [4.69, 9.17) is 0 Å². The summed E-state index contributed by atoms with van der Waals surface area (Å²) in [5.41, 5.74) is 0. The number of piperazine rings is 1. The van der Waals surface area contributed by atoms with Gasteiger partial charge in [0.1, 0.15) is 0 Å². The van der Waals surface area contributed by atoms with Crippen molar-refractivity contribution >= 4 is 5.91 Å². The van der Waals surface area contributed by atoms with Crippen LogP contribution in [-0.4, -0.2) is 74.6 Å². The molecule has 0 aliphatic carbocycles. The van der Waals surface area contributed by atoms with Crippen LogP contribution in [0.3, 0.4) is 0 Å². The summed E-state index contributed by atoms with van der Waals surface area (Å²) in [6.45, 7) is 11.4. The lowest BCUT2D eigenvalue weighted by atomic mass is 10.3. The first-order valence-corrected chi connectivity index (χ1v) is 6.99. The molecular weight excluding hydrogens is 228 g/mol. The molecule has 1 heterocycles. The standard InChI is InChI=1S/C13H28N4O/c1-12(2)15-13(18)4-7-16(3)10-11-17-8-5-14-6-9-17/h12,14H,4-11H2,1-3H3,(H,15,18). The van der Waals surface area contributed by atoms with E-state index in [0.717, 1.165) is 45.8 Å². The second-order valence-electron chi connectivity index (χ2n) is 5.37. The minimum atomic E-state index is 0.152. The van der Waals surface area contributed by atoms with Crippen LogP contribution in [0.2, 0.25) is 0 Å². The largest absolute Gasteiger partial charge is 0.354 e. The van der Waals surface area contributed by atoms with Gasteiger partial charge in [-0.2, -0.15) is 0 Å². The normalized spacial score (nSPS) is 17.4. The number of hydrogen-bond donors (Lipinski definition) is 2. The molecule has 106 valence electrons. The lowest BCUT2D eigenvalue weighted by Crippen LogP contribution is -2.46. The summed E-state index contributed by atoms with van der Waals surface area (Å²) in [7, 11) is 2.09. The van der Waals surface area contributed by atoms with Gasteiger partial charge < -0.3 is 15.5 Å². The molecule has 2 N–H and O–H groups in total. The van der Waals surface area contributed by atoms with Gasteiger partial charge in [-0.05, 0) is 20.9 Å². The van der Waals surface area contributed by atoms with Crippen LogP contribution in [0.25, 0.3) is 0 Å². The van der Waals surface area contributed by atoms with E-state index in [1.165, 1.54) is 0 Å². The monoisotopic (exact) mass is 256 g/mol. The van der Waals surface area contributed by atoms with Crippen molar-refractivity contribution in [1.82, 2.24) is 20.4 Å². The van der Waals surface area contributed by atoms with E-state index in [-0.39, 0.29) is 11.9 Å². The molecule has 1 saturated heterocycles. The zero-order valence-corrected chi connectivity index (χ0v) is 12.0. The van der Waals surface area contributed by atoms with Gasteiger partial charge in [0.05, 0.1) is 0 Å². The van der Waals surface area contributed by atoms with Crippen molar-refractivity contribution in [2.75, 3.05) is 52.9 Å². The van der Waals surface area contributed by atoms with Crippen LogP contribution in [0.5, 0.6) is 0 Å². The molecule has 0 aromatic rings. The van der Waals surface area contributed by atoms with Crippen LogP contribution in [-0.2, 0) is 4.79 Å². The van der Waals surface area contributed by atoms with Crippen LogP contribution < -0.4 is 10.6 Å². The van der Waals surface area contributed by atoms with Gasteiger partial charge in [0.25, 0.3) is 0 Å². The van der Waals surface area contributed by atoms with Gasteiger partial charge in [0.2, 0.25) is 5.91 Å². The fourth-order valence-electron chi connectivity index (χ4n) is 2.05. The van der Waals surface area contributed by atoms with Crippen molar-refractivity contribution in [1.29, 1.82) is 0 Å². The van der Waals surface area contributed by atoms with Gasteiger partial charge in [0, 0.05) is 58.3 Å². The van der Waals surface area contributed by atoms with Crippen molar-refractivity contribution < 1.29 is 4.79 Å². The first-order chi connectivity index (χ1) is 8.58. The summed E-state index contributed by atoms with van der Waals surface area (Å²) >= 11 is 0. The van der Waals surface area contributed by atoms with Crippen LogP contribution in [0.1, 0.15) is 20.3 Å². The highest BCUT2D eigenvalue weighted by atomic mass is 16.1. The lowest BCUT2D eigenvalue weighted by molar-refractivity contribution is -0.121. The highest BCUT2D eigenvalue weighted by Crippen LogP contribution is 1.94. The Balaban J connectivity index is 2.05. The molecule has 0 radical (unpaired) electrons. The van der Waals surface area contributed by atoms with E-state index >= 15 is 0 Å². The molecule has 1 rings (SSSR count). The Kier molecular flexibility index (Phi) is 7.23. The molecule has 0 spiro atoms. The van der Waals surface area contributed by atoms with Crippen LogP contribution in [0.15, 0.2) is 0 Å². The molecule has 0 atom stereocenters. The minimum Gasteiger partial charge on any atom is -0.354 e. The second-order valence-corrected chi connectivity index (χ2v) is 5.37. The zero-order chi connectivity index (χ0) is 13.4. The molecule has 1 fully saturated rings. The predicted molar refractivity (Wildman–Crippen MR) is 74.7 cm³/mol. The third-order valence-corrected chi connectivity index (χ3v) is 3.18. The Hall–Kier alpha value is -0.650. The molecule has 0 aromatic carbocycles. The summed E-state index contributed by atoms with van der Waals surface area (Å²) in [6.07, 6.45) is 0.593. The number of rotatable bonds is 7. The van der Waals surface area contributed by atoms with Crippen molar-refractivity contribution in [2.45, 2.75) is 26.3 Å². The van der Waals surface area contributed by atoms with E-state index in [9.17, 15) is 4.79 Å². The maximum Gasteiger partial charge on any atom is 0.221 e. The maximum absolute atomic E-state index is 11.5. The Bertz CT molecular complexity index is 239. The van der Waals surface area contributed by atoms with Crippen LogP contribution in [0.4, 0.5) is 0 Å². The summed E-state index contributed by atoms with van der Waals surface area (Å²) in [6, 6.07) is 0.239. The molecule has 0 unspecified atom stereocenters. The number of carbonyl (C=O) groups excluding carboxylic acids is 1. The van der Waals surface area contributed by atoms with E-state index in [1.807, 2.05) is 13.8 Å². The Labute approximate surface area is 111 Å².